The van der Waals surface area contributed by atoms with Gasteiger partial charge in [0.2, 0.25) is 0 Å². The molecule has 1 N–H and O–H groups in total. The molecular formula is C15H13BrN2O3. The van der Waals surface area contributed by atoms with Gasteiger partial charge in [-0.25, -0.2) is 0 Å². The van der Waals surface area contributed by atoms with E-state index in [1.807, 2.05) is 30.3 Å². The summed E-state index contributed by atoms with van der Waals surface area (Å²) in [6.07, 6.45) is 0. The van der Waals surface area contributed by atoms with Gasteiger partial charge in [0, 0.05) is 18.2 Å². The van der Waals surface area contributed by atoms with Crippen molar-refractivity contribution in [2.24, 2.45) is 0 Å². The number of ether oxygens (including phenoxy) is 1. The largest absolute Gasteiger partial charge is 0.491 e. The Balaban J connectivity index is 1.72. The summed E-state index contributed by atoms with van der Waals surface area (Å²) >= 11 is 3.19. The highest BCUT2D eigenvalue weighted by Gasteiger charge is 2.23. The van der Waals surface area contributed by atoms with Gasteiger partial charge in [0.1, 0.15) is 12.4 Å². The van der Waals surface area contributed by atoms with E-state index >= 15 is 0 Å². The molecule has 0 fully saturated rings. The molecule has 3 rings (SSSR count). The molecule has 1 unspecified atom stereocenters. The molecule has 2 aromatic rings. The van der Waals surface area contributed by atoms with Gasteiger partial charge in [0.15, 0.2) is 0 Å². The van der Waals surface area contributed by atoms with Gasteiger partial charge in [-0.2, -0.15) is 0 Å². The Hall–Kier alpha value is -1.92. The van der Waals surface area contributed by atoms with Crippen molar-refractivity contribution in [2.75, 3.05) is 6.61 Å². The number of hydrogen-bond donors (Lipinski definition) is 1. The van der Waals surface area contributed by atoms with Crippen molar-refractivity contribution >= 4 is 21.6 Å². The van der Waals surface area contributed by atoms with Crippen LogP contribution in [0.5, 0.6) is 5.75 Å². The Bertz CT molecular complexity index is 690. The second kappa shape index (κ2) is 5.83. The molecule has 21 heavy (non-hydrogen) atoms. The van der Waals surface area contributed by atoms with Crippen molar-refractivity contribution < 1.29 is 9.66 Å². The van der Waals surface area contributed by atoms with Crippen molar-refractivity contribution in [2.45, 2.75) is 12.6 Å². The normalized spacial score (nSPS) is 16.3. The number of halogens is 1. The van der Waals surface area contributed by atoms with Crippen LogP contribution in [-0.4, -0.2) is 11.5 Å². The molecule has 0 saturated heterocycles. The number of rotatable bonds is 4. The van der Waals surface area contributed by atoms with Crippen LogP contribution < -0.4 is 10.1 Å². The summed E-state index contributed by atoms with van der Waals surface area (Å²) in [5.74, 6) is 0.900. The summed E-state index contributed by atoms with van der Waals surface area (Å²) in [6, 6.07) is 13.2. The number of benzene rings is 2. The molecule has 1 aliphatic heterocycles. The maximum absolute atomic E-state index is 10.9. The molecule has 6 heteroatoms. The van der Waals surface area contributed by atoms with Gasteiger partial charge < -0.3 is 10.1 Å². The summed E-state index contributed by atoms with van der Waals surface area (Å²) in [6.45, 7) is 1.13. The summed E-state index contributed by atoms with van der Waals surface area (Å²) in [5, 5.41) is 14.3. The zero-order valence-electron chi connectivity index (χ0n) is 11.1. The third kappa shape index (κ3) is 2.91. The number of nitrogens with zero attached hydrogens (tertiary/aromatic N) is 1. The Morgan fingerprint density at radius 1 is 1.33 bits per heavy atom. The Labute approximate surface area is 130 Å². The van der Waals surface area contributed by atoms with Crippen molar-refractivity contribution in [3.8, 4) is 5.75 Å². The summed E-state index contributed by atoms with van der Waals surface area (Å²) in [7, 11) is 0. The average molecular weight is 349 g/mol. The fourth-order valence-electron chi connectivity index (χ4n) is 2.38. The first kappa shape index (κ1) is 14.0. The molecule has 0 amide bonds. The topological polar surface area (TPSA) is 64.4 Å². The minimum atomic E-state index is -0.387. The molecule has 5 nitrogen and oxygen atoms in total. The van der Waals surface area contributed by atoms with Crippen LogP contribution >= 0.6 is 15.9 Å². The summed E-state index contributed by atoms with van der Waals surface area (Å²) < 4.78 is 6.09. The van der Waals surface area contributed by atoms with Crippen LogP contribution in [0.1, 0.15) is 17.2 Å². The highest BCUT2D eigenvalue weighted by Crippen LogP contribution is 2.32. The van der Waals surface area contributed by atoms with Crippen LogP contribution in [0.2, 0.25) is 0 Å². The number of hydrogen-bond acceptors (Lipinski definition) is 4. The van der Waals surface area contributed by atoms with E-state index in [0.29, 0.717) is 17.6 Å². The number of para-hydroxylation sites is 1. The number of nitrogens with one attached hydrogen (secondary N) is 1. The minimum Gasteiger partial charge on any atom is -0.491 e. The van der Waals surface area contributed by atoms with Crippen molar-refractivity contribution in [1.82, 2.24) is 5.32 Å². The van der Waals surface area contributed by atoms with Gasteiger partial charge in [-0.3, -0.25) is 10.1 Å². The van der Waals surface area contributed by atoms with E-state index < -0.39 is 0 Å². The molecule has 2 aromatic carbocycles. The van der Waals surface area contributed by atoms with Crippen molar-refractivity contribution in [3.05, 3.63) is 68.2 Å². The Morgan fingerprint density at radius 3 is 2.95 bits per heavy atom. The standard InChI is InChI=1S/C15H13BrN2O3/c16-12-6-5-10(7-14(12)18(19)20)8-17-13-9-21-15-4-2-1-3-11(13)15/h1-7,13,17H,8-9H2. The van der Waals surface area contributed by atoms with E-state index in [4.69, 9.17) is 4.74 Å². The van der Waals surface area contributed by atoms with Gasteiger partial charge in [-0.05, 0) is 33.6 Å². The molecule has 0 radical (unpaired) electrons. The molecule has 0 bridgehead atoms. The zero-order valence-corrected chi connectivity index (χ0v) is 12.7. The van der Waals surface area contributed by atoms with Crippen LogP contribution in [0.25, 0.3) is 0 Å². The van der Waals surface area contributed by atoms with Gasteiger partial charge in [0.25, 0.3) is 5.69 Å². The SMILES string of the molecule is O=[N+]([O-])c1cc(CNC2COc3ccccc32)ccc1Br. The molecule has 1 heterocycles. The molecule has 0 aromatic heterocycles. The Morgan fingerprint density at radius 2 is 2.14 bits per heavy atom. The minimum absolute atomic E-state index is 0.0809. The third-order valence-electron chi connectivity index (χ3n) is 3.46. The maximum Gasteiger partial charge on any atom is 0.283 e. The average Bonchev–Trinajstić information content (AvgIpc) is 2.89. The van der Waals surface area contributed by atoms with Crippen LogP contribution in [0.4, 0.5) is 5.69 Å². The van der Waals surface area contributed by atoms with Crippen molar-refractivity contribution in [3.63, 3.8) is 0 Å². The maximum atomic E-state index is 10.9. The first-order valence-electron chi connectivity index (χ1n) is 6.53. The van der Waals surface area contributed by atoms with Gasteiger partial charge in [-0.1, -0.05) is 24.3 Å². The summed E-state index contributed by atoms with van der Waals surface area (Å²) in [5.41, 5.74) is 2.08. The first-order chi connectivity index (χ1) is 10.1. The van der Waals surface area contributed by atoms with Gasteiger partial charge in [-0.15, -0.1) is 0 Å². The molecule has 1 aliphatic rings. The number of nitro groups is 1. The highest BCUT2D eigenvalue weighted by atomic mass is 79.9. The van der Waals surface area contributed by atoms with Crippen LogP contribution in [0.3, 0.4) is 0 Å². The lowest BCUT2D eigenvalue weighted by Crippen LogP contribution is -2.22. The smallest absolute Gasteiger partial charge is 0.283 e. The van der Waals surface area contributed by atoms with E-state index in [1.54, 1.807) is 12.1 Å². The third-order valence-corrected chi connectivity index (χ3v) is 4.13. The quantitative estimate of drug-likeness (QED) is 0.677. The van der Waals surface area contributed by atoms with Crippen LogP contribution in [0, 0.1) is 10.1 Å². The monoisotopic (exact) mass is 348 g/mol. The fraction of sp³-hybridized carbons (Fsp3) is 0.200. The van der Waals surface area contributed by atoms with Gasteiger partial charge >= 0.3 is 0 Å². The Kier molecular flexibility index (Phi) is 3.90. The molecular weight excluding hydrogens is 336 g/mol. The lowest BCUT2D eigenvalue weighted by Gasteiger charge is -2.11. The summed E-state index contributed by atoms with van der Waals surface area (Å²) in [4.78, 5) is 10.5. The highest BCUT2D eigenvalue weighted by molar-refractivity contribution is 9.10. The van der Waals surface area contributed by atoms with E-state index in [1.165, 1.54) is 0 Å². The molecule has 108 valence electrons. The van der Waals surface area contributed by atoms with E-state index in [2.05, 4.69) is 21.2 Å². The second-order valence-electron chi connectivity index (χ2n) is 4.83. The first-order valence-corrected chi connectivity index (χ1v) is 7.32. The molecule has 0 saturated carbocycles. The number of nitro benzene ring substituents is 1. The van der Waals surface area contributed by atoms with Crippen LogP contribution in [-0.2, 0) is 6.54 Å². The zero-order chi connectivity index (χ0) is 14.8. The molecule has 0 spiro atoms. The van der Waals surface area contributed by atoms with Crippen molar-refractivity contribution in [1.29, 1.82) is 0 Å². The molecule has 1 atom stereocenters. The second-order valence-corrected chi connectivity index (χ2v) is 5.68. The van der Waals surface area contributed by atoms with Gasteiger partial charge in [0.05, 0.1) is 15.4 Å². The fourth-order valence-corrected chi connectivity index (χ4v) is 2.77. The van der Waals surface area contributed by atoms with E-state index in [0.717, 1.165) is 16.9 Å². The van der Waals surface area contributed by atoms with E-state index in [-0.39, 0.29) is 16.7 Å². The lowest BCUT2D eigenvalue weighted by molar-refractivity contribution is -0.385. The predicted molar refractivity (Wildman–Crippen MR) is 82.3 cm³/mol. The van der Waals surface area contributed by atoms with E-state index in [9.17, 15) is 10.1 Å². The number of fused-ring (bicyclic) bond motifs is 1. The molecule has 0 aliphatic carbocycles. The predicted octanol–water partition coefficient (Wildman–Crippen LogP) is 3.58. The van der Waals surface area contributed by atoms with Crippen LogP contribution in [0.15, 0.2) is 46.9 Å². The lowest BCUT2D eigenvalue weighted by atomic mass is 10.1.